The third-order valence-electron chi connectivity index (χ3n) is 11.0. The Morgan fingerprint density at radius 3 is 2.52 bits per heavy atom. The molecule has 4 aliphatic heterocycles. The van der Waals surface area contributed by atoms with Gasteiger partial charge in [0, 0.05) is 74.8 Å². The van der Waals surface area contributed by atoms with Crippen molar-refractivity contribution in [2.75, 3.05) is 79.0 Å². The van der Waals surface area contributed by atoms with Crippen molar-refractivity contribution in [1.29, 1.82) is 0 Å². The van der Waals surface area contributed by atoms with Crippen LogP contribution in [0.3, 0.4) is 0 Å². The zero-order chi connectivity index (χ0) is 29.9. The Bertz CT molecular complexity index is 1250. The lowest BCUT2D eigenvalue weighted by atomic mass is 9.47. The van der Waals surface area contributed by atoms with Crippen LogP contribution in [0.5, 0.6) is 5.75 Å². The van der Waals surface area contributed by atoms with Crippen molar-refractivity contribution >= 4 is 17.6 Å². The number of benzene rings is 1. The van der Waals surface area contributed by atoms with E-state index in [2.05, 4.69) is 46.9 Å². The van der Waals surface area contributed by atoms with E-state index in [9.17, 15) is 14.7 Å². The van der Waals surface area contributed by atoms with Gasteiger partial charge >= 0.3 is 11.9 Å². The van der Waals surface area contributed by atoms with Crippen LogP contribution in [0.15, 0.2) is 30.4 Å². The maximum absolute atomic E-state index is 13.9. The summed E-state index contributed by atoms with van der Waals surface area (Å²) < 4.78 is 17.3. The van der Waals surface area contributed by atoms with Crippen LogP contribution in [0, 0.1) is 5.41 Å². The zero-order valence-electron chi connectivity index (χ0n) is 25.7. The van der Waals surface area contributed by atoms with E-state index in [1.165, 1.54) is 7.11 Å². The number of carbonyl (C=O) groups is 2. The minimum atomic E-state index is -2.10. The molecule has 1 spiro atoms. The number of piperazine rings is 1. The van der Waals surface area contributed by atoms with Gasteiger partial charge in [0.2, 0.25) is 5.60 Å². The van der Waals surface area contributed by atoms with Crippen molar-refractivity contribution in [2.24, 2.45) is 5.41 Å². The summed E-state index contributed by atoms with van der Waals surface area (Å²) in [5.41, 5.74) is -1.46. The lowest BCUT2D eigenvalue weighted by Gasteiger charge is -2.63. The van der Waals surface area contributed by atoms with Gasteiger partial charge in [0.15, 0.2) is 6.10 Å². The van der Waals surface area contributed by atoms with Crippen molar-refractivity contribution < 1.29 is 28.9 Å². The van der Waals surface area contributed by atoms with Crippen LogP contribution in [0.25, 0.3) is 0 Å². The van der Waals surface area contributed by atoms with Crippen LogP contribution >= 0.6 is 0 Å². The molecule has 2 saturated heterocycles. The van der Waals surface area contributed by atoms with Gasteiger partial charge in [-0.15, -0.1) is 0 Å². The second-order valence-electron chi connectivity index (χ2n) is 12.9. The average Bonchev–Trinajstić information content (AvgIpc) is 3.51. The van der Waals surface area contributed by atoms with Gasteiger partial charge in [0.1, 0.15) is 5.75 Å². The number of hydrogen-bond acceptors (Lipinski definition) is 10. The highest BCUT2D eigenvalue weighted by Gasteiger charge is 2.80. The first-order valence-corrected chi connectivity index (χ1v) is 15.4. The van der Waals surface area contributed by atoms with Crippen molar-refractivity contribution in [3.8, 4) is 5.75 Å². The van der Waals surface area contributed by atoms with Gasteiger partial charge in [-0.25, -0.2) is 4.79 Å². The average molecular weight is 583 g/mol. The molecule has 1 aromatic rings. The number of rotatable bonds is 8. The van der Waals surface area contributed by atoms with Gasteiger partial charge in [0.05, 0.1) is 20.3 Å². The van der Waals surface area contributed by atoms with Gasteiger partial charge in [-0.2, -0.15) is 0 Å². The Balaban J connectivity index is 1.40. The van der Waals surface area contributed by atoms with Gasteiger partial charge in [-0.05, 0) is 51.0 Å². The van der Waals surface area contributed by atoms with Crippen LogP contribution in [-0.4, -0.2) is 130 Å². The van der Waals surface area contributed by atoms with Crippen LogP contribution in [0.4, 0.5) is 5.69 Å². The monoisotopic (exact) mass is 582 g/mol. The van der Waals surface area contributed by atoms with E-state index in [1.54, 1.807) is 7.11 Å². The summed E-state index contributed by atoms with van der Waals surface area (Å²) in [5, 5.41) is 12.9. The van der Waals surface area contributed by atoms with E-state index in [4.69, 9.17) is 14.2 Å². The summed E-state index contributed by atoms with van der Waals surface area (Å²) in [6, 6.07) is 5.27. The van der Waals surface area contributed by atoms with Crippen molar-refractivity contribution in [1.82, 2.24) is 14.7 Å². The van der Waals surface area contributed by atoms with Crippen LogP contribution < -0.4 is 9.64 Å². The summed E-state index contributed by atoms with van der Waals surface area (Å²) >= 11 is 0. The molecule has 5 aliphatic rings. The first kappa shape index (κ1) is 29.4. The molecule has 1 saturated carbocycles. The molecule has 10 heteroatoms. The minimum Gasteiger partial charge on any atom is -0.497 e. The Hall–Kier alpha value is -2.66. The second-order valence-corrected chi connectivity index (χ2v) is 12.9. The molecule has 1 N–H and O–H groups in total. The van der Waals surface area contributed by atoms with Crippen molar-refractivity contribution in [2.45, 2.75) is 61.8 Å². The van der Waals surface area contributed by atoms with E-state index >= 15 is 0 Å². The lowest BCUT2D eigenvalue weighted by molar-refractivity contribution is -0.229. The Morgan fingerprint density at radius 2 is 1.83 bits per heavy atom. The SMILES string of the molecule is CC[C@]12C=CCN3CC[C@@]4(c5ccc(OC)cc5N(C)[C@H]4[C@@](O)(C(=O)OC)[C@@H]1OC(=O)CCCN1CCN(C)CC1)[C@@H]32. The molecule has 1 aromatic carbocycles. The topological polar surface area (TPSA) is 95.0 Å². The summed E-state index contributed by atoms with van der Waals surface area (Å²) in [6.45, 7) is 8.49. The molecule has 0 unspecified atom stereocenters. The van der Waals surface area contributed by atoms with Gasteiger partial charge in [-0.3, -0.25) is 9.69 Å². The highest BCUT2D eigenvalue weighted by molar-refractivity contribution is 5.87. The molecule has 230 valence electrons. The molecule has 1 aliphatic carbocycles. The fraction of sp³-hybridized carbons (Fsp3) is 0.688. The molecule has 0 aromatic heterocycles. The van der Waals surface area contributed by atoms with E-state index in [0.717, 1.165) is 63.5 Å². The quantitative estimate of drug-likeness (QED) is 0.360. The van der Waals surface area contributed by atoms with E-state index < -0.39 is 34.5 Å². The second kappa shape index (κ2) is 10.8. The smallest absolute Gasteiger partial charge is 0.344 e. The number of hydrogen-bond donors (Lipinski definition) is 1. The summed E-state index contributed by atoms with van der Waals surface area (Å²) in [7, 11) is 6.98. The van der Waals surface area contributed by atoms with Crippen LogP contribution in [0.1, 0.15) is 38.2 Å². The van der Waals surface area contributed by atoms with Gasteiger partial charge in [-0.1, -0.05) is 25.1 Å². The molecule has 42 heavy (non-hydrogen) atoms. The molecule has 6 atom stereocenters. The molecule has 4 heterocycles. The Kier molecular flexibility index (Phi) is 7.57. The number of carbonyl (C=O) groups excluding carboxylic acids is 2. The number of likely N-dealkylation sites (N-methyl/N-ethyl adjacent to an activating group) is 2. The summed E-state index contributed by atoms with van der Waals surface area (Å²) in [5.74, 6) is -0.446. The molecule has 6 rings (SSSR count). The normalized spacial score (nSPS) is 35.9. The molecule has 0 radical (unpaired) electrons. The number of esters is 2. The number of ether oxygens (including phenoxy) is 3. The molecule has 0 amide bonds. The molecule has 0 bridgehead atoms. The predicted octanol–water partition coefficient (Wildman–Crippen LogP) is 1.65. The molecule has 10 nitrogen and oxygen atoms in total. The largest absolute Gasteiger partial charge is 0.497 e. The first-order valence-electron chi connectivity index (χ1n) is 15.4. The molecular weight excluding hydrogens is 536 g/mol. The predicted molar refractivity (Wildman–Crippen MR) is 159 cm³/mol. The third-order valence-corrected chi connectivity index (χ3v) is 11.0. The van der Waals surface area contributed by atoms with Crippen molar-refractivity contribution in [3.05, 3.63) is 35.9 Å². The first-order chi connectivity index (χ1) is 20.2. The van der Waals surface area contributed by atoms with Gasteiger partial charge in [0.25, 0.3) is 0 Å². The maximum atomic E-state index is 13.9. The lowest BCUT2D eigenvalue weighted by Crippen LogP contribution is -2.81. The number of fused-ring (bicyclic) bond motifs is 1. The Labute approximate surface area is 249 Å². The van der Waals surface area contributed by atoms with Crippen LogP contribution in [-0.2, 0) is 24.5 Å². The van der Waals surface area contributed by atoms with Crippen LogP contribution in [0.2, 0.25) is 0 Å². The fourth-order valence-electron chi connectivity index (χ4n) is 9.22. The number of nitrogens with zero attached hydrogens (tertiary/aromatic N) is 4. The number of methoxy groups -OCH3 is 2. The fourth-order valence-corrected chi connectivity index (χ4v) is 9.22. The summed E-state index contributed by atoms with van der Waals surface area (Å²) in [6.07, 6.45) is 5.36. The Morgan fingerprint density at radius 1 is 1.07 bits per heavy atom. The van der Waals surface area contributed by atoms with E-state index in [1.807, 2.05) is 24.1 Å². The summed E-state index contributed by atoms with van der Waals surface area (Å²) in [4.78, 5) is 36.7. The highest BCUT2D eigenvalue weighted by Crippen LogP contribution is 2.67. The van der Waals surface area contributed by atoms with Crippen molar-refractivity contribution in [3.63, 3.8) is 0 Å². The maximum Gasteiger partial charge on any atom is 0.344 e. The number of anilines is 1. The highest BCUT2D eigenvalue weighted by atomic mass is 16.6. The van der Waals surface area contributed by atoms with E-state index in [-0.39, 0.29) is 18.4 Å². The standard InChI is InChI=1S/C32H46N4O6/c1-6-30-12-8-15-36-16-13-31(26(30)36)23-11-10-22(40-4)21-24(23)34(3)27(31)32(39,29(38)41-5)28(30)42-25(37)9-7-14-35-19-17-33(2)18-20-35/h8,10-12,21,26-28,39H,6-7,9,13-20H2,1-5H3/t26-,27+,28+,30+,31+,32-/m0/s1. The van der Waals surface area contributed by atoms with Gasteiger partial charge < -0.3 is 34.0 Å². The third kappa shape index (κ3) is 4.05. The molecular formula is C32H46N4O6. The number of aliphatic hydroxyl groups is 1. The molecule has 3 fully saturated rings. The van der Waals surface area contributed by atoms with E-state index in [0.29, 0.717) is 18.6 Å². The zero-order valence-corrected chi connectivity index (χ0v) is 25.7. The minimum absolute atomic E-state index is 0.0739.